The summed E-state index contributed by atoms with van der Waals surface area (Å²) in [4.78, 5) is 11.8. The SMILES string of the molecule is O=C(Cc1ccc(F)cc1)Nc1ccc(B(O)O)cc1. The maximum Gasteiger partial charge on any atom is 0.488 e. The summed E-state index contributed by atoms with van der Waals surface area (Å²) in [6, 6.07) is 11.9. The number of nitrogens with one attached hydrogen (secondary N) is 1. The van der Waals surface area contributed by atoms with E-state index in [9.17, 15) is 9.18 Å². The number of benzene rings is 2. The fourth-order valence-electron chi connectivity index (χ4n) is 1.73. The molecule has 4 nitrogen and oxygen atoms in total. The minimum absolute atomic E-state index is 0.144. The van der Waals surface area contributed by atoms with Gasteiger partial charge in [0.1, 0.15) is 5.82 Å². The zero-order chi connectivity index (χ0) is 14.5. The highest BCUT2D eigenvalue weighted by molar-refractivity contribution is 6.58. The van der Waals surface area contributed by atoms with Crippen LogP contribution in [0.25, 0.3) is 0 Å². The Kier molecular flexibility index (Phi) is 4.50. The van der Waals surface area contributed by atoms with Crippen LogP contribution in [0.4, 0.5) is 10.1 Å². The number of hydrogen-bond acceptors (Lipinski definition) is 3. The standard InChI is InChI=1S/C14H13BFNO3/c16-12-5-1-10(2-6-12)9-14(18)17-13-7-3-11(4-8-13)15(19)20/h1-8,19-20H,9H2,(H,17,18). The lowest BCUT2D eigenvalue weighted by atomic mass is 9.80. The summed E-state index contributed by atoms with van der Waals surface area (Å²) in [5, 5.41) is 20.6. The molecule has 3 N–H and O–H groups in total. The van der Waals surface area contributed by atoms with E-state index in [2.05, 4.69) is 5.32 Å². The zero-order valence-electron chi connectivity index (χ0n) is 10.6. The topological polar surface area (TPSA) is 69.6 Å². The Morgan fingerprint density at radius 2 is 1.65 bits per heavy atom. The van der Waals surface area contributed by atoms with Crippen LogP contribution in [0, 0.1) is 5.82 Å². The average molecular weight is 273 g/mol. The molecule has 0 saturated heterocycles. The monoisotopic (exact) mass is 273 g/mol. The molecule has 0 spiro atoms. The van der Waals surface area contributed by atoms with Crippen LogP contribution >= 0.6 is 0 Å². The van der Waals surface area contributed by atoms with Gasteiger partial charge in [-0.1, -0.05) is 24.3 Å². The Hall–Kier alpha value is -2.18. The van der Waals surface area contributed by atoms with Crippen LogP contribution in [0.3, 0.4) is 0 Å². The Morgan fingerprint density at radius 1 is 1.05 bits per heavy atom. The fourth-order valence-corrected chi connectivity index (χ4v) is 1.73. The van der Waals surface area contributed by atoms with Crippen molar-refractivity contribution in [3.8, 4) is 0 Å². The van der Waals surface area contributed by atoms with Crippen molar-refractivity contribution in [3.63, 3.8) is 0 Å². The molecular formula is C14H13BFNO3. The van der Waals surface area contributed by atoms with Gasteiger partial charge >= 0.3 is 7.12 Å². The second kappa shape index (κ2) is 6.32. The van der Waals surface area contributed by atoms with Crippen molar-refractivity contribution < 1.29 is 19.2 Å². The third kappa shape index (κ3) is 3.91. The molecule has 0 heterocycles. The third-order valence-corrected chi connectivity index (χ3v) is 2.77. The molecule has 0 aliphatic heterocycles. The summed E-state index contributed by atoms with van der Waals surface area (Å²) in [6.45, 7) is 0. The highest BCUT2D eigenvalue weighted by Crippen LogP contribution is 2.07. The first-order valence-corrected chi connectivity index (χ1v) is 6.05. The maximum absolute atomic E-state index is 12.7. The van der Waals surface area contributed by atoms with Gasteiger partial charge in [-0.2, -0.15) is 0 Å². The van der Waals surface area contributed by atoms with E-state index in [0.717, 1.165) is 0 Å². The first kappa shape index (κ1) is 14.2. The van der Waals surface area contributed by atoms with Gasteiger partial charge in [0, 0.05) is 5.69 Å². The van der Waals surface area contributed by atoms with Crippen LogP contribution in [0.1, 0.15) is 5.56 Å². The second-order valence-electron chi connectivity index (χ2n) is 4.35. The Bertz CT molecular complexity index is 584. The molecule has 0 bridgehead atoms. The molecule has 6 heteroatoms. The number of hydrogen-bond donors (Lipinski definition) is 3. The number of amides is 1. The molecule has 20 heavy (non-hydrogen) atoms. The second-order valence-corrected chi connectivity index (χ2v) is 4.35. The highest BCUT2D eigenvalue weighted by atomic mass is 19.1. The molecule has 0 aromatic heterocycles. The molecule has 0 atom stereocenters. The molecule has 2 aromatic rings. The summed E-state index contributed by atoms with van der Waals surface area (Å²) in [5.74, 6) is -0.568. The number of rotatable bonds is 4. The molecule has 0 aliphatic carbocycles. The van der Waals surface area contributed by atoms with Crippen LogP contribution in [0.2, 0.25) is 0 Å². The molecule has 2 rings (SSSR count). The molecule has 2 aromatic carbocycles. The molecule has 102 valence electrons. The van der Waals surface area contributed by atoms with Crippen LogP contribution < -0.4 is 10.8 Å². The van der Waals surface area contributed by atoms with E-state index in [1.807, 2.05) is 0 Å². The first-order valence-electron chi connectivity index (χ1n) is 6.05. The van der Waals surface area contributed by atoms with Gasteiger partial charge in [-0.05, 0) is 35.3 Å². The van der Waals surface area contributed by atoms with Crippen molar-refractivity contribution >= 4 is 24.2 Å². The van der Waals surface area contributed by atoms with E-state index in [1.54, 1.807) is 24.3 Å². The average Bonchev–Trinajstić information content (AvgIpc) is 2.42. The fraction of sp³-hybridized carbons (Fsp3) is 0.0714. The summed E-state index contributed by atoms with van der Waals surface area (Å²) >= 11 is 0. The smallest absolute Gasteiger partial charge is 0.423 e. The molecule has 0 fully saturated rings. The molecule has 0 aliphatic rings. The maximum atomic E-state index is 12.7. The summed E-state index contributed by atoms with van der Waals surface area (Å²) < 4.78 is 12.7. The Balaban J connectivity index is 1.95. The van der Waals surface area contributed by atoms with Crippen LogP contribution in [-0.2, 0) is 11.2 Å². The number of carbonyl (C=O) groups is 1. The van der Waals surface area contributed by atoms with E-state index in [-0.39, 0.29) is 18.1 Å². The van der Waals surface area contributed by atoms with Crippen molar-refractivity contribution in [1.82, 2.24) is 0 Å². The van der Waals surface area contributed by atoms with E-state index in [1.165, 1.54) is 24.3 Å². The lowest BCUT2D eigenvalue weighted by Gasteiger charge is -2.06. The highest BCUT2D eigenvalue weighted by Gasteiger charge is 2.10. The molecule has 0 radical (unpaired) electrons. The predicted molar refractivity (Wildman–Crippen MR) is 75.0 cm³/mol. The van der Waals surface area contributed by atoms with Gasteiger partial charge in [-0.3, -0.25) is 4.79 Å². The number of carbonyl (C=O) groups excluding carboxylic acids is 1. The lowest BCUT2D eigenvalue weighted by Crippen LogP contribution is -2.29. The summed E-state index contributed by atoms with van der Waals surface area (Å²) in [7, 11) is -1.53. The van der Waals surface area contributed by atoms with Gasteiger partial charge in [-0.15, -0.1) is 0 Å². The van der Waals surface area contributed by atoms with Crippen LogP contribution in [-0.4, -0.2) is 23.1 Å². The zero-order valence-corrected chi connectivity index (χ0v) is 10.6. The number of halogens is 1. The third-order valence-electron chi connectivity index (χ3n) is 2.77. The van der Waals surface area contributed by atoms with Crippen molar-refractivity contribution in [1.29, 1.82) is 0 Å². The predicted octanol–water partition coefficient (Wildman–Crippen LogP) is 0.687. The van der Waals surface area contributed by atoms with Crippen molar-refractivity contribution in [2.75, 3.05) is 5.32 Å². The molecule has 0 saturated carbocycles. The molecule has 0 unspecified atom stereocenters. The van der Waals surface area contributed by atoms with E-state index < -0.39 is 7.12 Å². The minimum Gasteiger partial charge on any atom is -0.423 e. The van der Waals surface area contributed by atoms with Gasteiger partial charge in [0.05, 0.1) is 6.42 Å². The van der Waals surface area contributed by atoms with E-state index in [4.69, 9.17) is 10.0 Å². The van der Waals surface area contributed by atoms with Crippen molar-refractivity contribution in [2.24, 2.45) is 0 Å². The summed E-state index contributed by atoms with van der Waals surface area (Å²) in [6.07, 6.45) is 0.144. The van der Waals surface area contributed by atoms with E-state index >= 15 is 0 Å². The minimum atomic E-state index is -1.53. The van der Waals surface area contributed by atoms with Gasteiger partial charge in [0.15, 0.2) is 0 Å². The Morgan fingerprint density at radius 3 is 2.20 bits per heavy atom. The quantitative estimate of drug-likeness (QED) is 0.718. The van der Waals surface area contributed by atoms with E-state index in [0.29, 0.717) is 16.7 Å². The first-order chi connectivity index (χ1) is 9.54. The lowest BCUT2D eigenvalue weighted by molar-refractivity contribution is -0.115. The van der Waals surface area contributed by atoms with Gasteiger partial charge in [0.2, 0.25) is 5.91 Å². The van der Waals surface area contributed by atoms with Crippen molar-refractivity contribution in [3.05, 3.63) is 59.9 Å². The molecule has 1 amide bonds. The normalized spacial score (nSPS) is 10.2. The largest absolute Gasteiger partial charge is 0.488 e. The summed E-state index contributed by atoms with van der Waals surface area (Å²) in [5.41, 5.74) is 1.62. The molecular weight excluding hydrogens is 260 g/mol. The van der Waals surface area contributed by atoms with Crippen LogP contribution in [0.15, 0.2) is 48.5 Å². The number of anilines is 1. The van der Waals surface area contributed by atoms with Crippen molar-refractivity contribution in [2.45, 2.75) is 6.42 Å². The van der Waals surface area contributed by atoms with Crippen LogP contribution in [0.5, 0.6) is 0 Å². The van der Waals surface area contributed by atoms with Gasteiger partial charge in [-0.25, -0.2) is 4.39 Å². The Labute approximate surface area is 116 Å². The van der Waals surface area contributed by atoms with Gasteiger partial charge < -0.3 is 15.4 Å². The van der Waals surface area contributed by atoms with Gasteiger partial charge in [0.25, 0.3) is 0 Å².